The third-order valence-electron chi connectivity index (χ3n) is 7.84. The second-order valence-electron chi connectivity index (χ2n) is 12.1. The van der Waals surface area contributed by atoms with Crippen molar-refractivity contribution in [3.8, 4) is 11.5 Å². The average molecular weight is 509 g/mol. The Kier molecular flexibility index (Phi) is 8.21. The highest BCUT2D eigenvalue weighted by Crippen LogP contribution is 2.38. The van der Waals surface area contributed by atoms with Crippen LogP contribution in [0.15, 0.2) is 60.7 Å². The van der Waals surface area contributed by atoms with E-state index in [1.807, 2.05) is 0 Å². The van der Waals surface area contributed by atoms with Gasteiger partial charge >= 0.3 is 0 Å². The van der Waals surface area contributed by atoms with Crippen LogP contribution in [0.4, 0.5) is 0 Å². The molecule has 0 aliphatic carbocycles. The molecule has 4 rings (SSSR count). The molecule has 0 aliphatic rings. The highest BCUT2D eigenvalue weighted by atomic mass is 16.3. The fourth-order valence-electron chi connectivity index (χ4n) is 5.63. The van der Waals surface area contributed by atoms with Gasteiger partial charge in [-0.05, 0) is 91.8 Å². The molecular formula is C36H44O2. The zero-order valence-electron chi connectivity index (χ0n) is 24.4. The minimum atomic E-state index is 0.267. The van der Waals surface area contributed by atoms with E-state index in [9.17, 15) is 10.2 Å². The molecule has 0 aromatic heterocycles. The Morgan fingerprint density at radius 3 is 1.03 bits per heavy atom. The van der Waals surface area contributed by atoms with Crippen molar-refractivity contribution >= 4 is 10.8 Å². The smallest absolute Gasteiger partial charge is 0.122 e. The summed E-state index contributed by atoms with van der Waals surface area (Å²) in [4.78, 5) is 0. The summed E-state index contributed by atoms with van der Waals surface area (Å²) in [7, 11) is 0. The van der Waals surface area contributed by atoms with E-state index in [1.54, 1.807) is 0 Å². The molecule has 2 nitrogen and oxygen atoms in total. The summed E-state index contributed by atoms with van der Waals surface area (Å²) >= 11 is 0. The van der Waals surface area contributed by atoms with E-state index in [4.69, 9.17) is 0 Å². The van der Waals surface area contributed by atoms with Gasteiger partial charge in [0.1, 0.15) is 11.5 Å². The molecule has 38 heavy (non-hydrogen) atoms. The first kappa shape index (κ1) is 27.8. The second-order valence-corrected chi connectivity index (χ2v) is 12.1. The lowest BCUT2D eigenvalue weighted by Crippen LogP contribution is -2.01. The summed E-state index contributed by atoms with van der Waals surface area (Å²) in [5, 5.41) is 24.3. The van der Waals surface area contributed by atoms with Gasteiger partial charge in [0.05, 0.1) is 0 Å². The number of hydrogen-bond acceptors (Lipinski definition) is 2. The average Bonchev–Trinajstić information content (AvgIpc) is 2.86. The number of fused-ring (bicyclic) bond motifs is 1. The lowest BCUT2D eigenvalue weighted by atomic mass is 9.87. The number of benzene rings is 4. The number of phenols is 2. The largest absolute Gasteiger partial charge is 0.507 e. The zero-order valence-corrected chi connectivity index (χ0v) is 24.4. The van der Waals surface area contributed by atoms with Crippen molar-refractivity contribution in [3.63, 3.8) is 0 Å². The van der Waals surface area contributed by atoms with E-state index >= 15 is 0 Å². The Bertz CT molecular complexity index is 1270. The molecule has 0 saturated heterocycles. The highest BCUT2D eigenvalue weighted by molar-refractivity contribution is 5.89. The number of aromatic hydroxyl groups is 2. The van der Waals surface area contributed by atoms with Gasteiger partial charge in [0, 0.05) is 0 Å². The molecule has 0 spiro atoms. The first-order valence-electron chi connectivity index (χ1n) is 14.2. The number of hydrogen-bond donors (Lipinski definition) is 2. The van der Waals surface area contributed by atoms with Crippen LogP contribution in [0.25, 0.3) is 10.8 Å². The summed E-state index contributed by atoms with van der Waals surface area (Å²) in [6, 6.07) is 22.0. The van der Waals surface area contributed by atoms with E-state index < -0.39 is 0 Å². The Morgan fingerprint density at radius 2 is 0.763 bits per heavy atom. The van der Waals surface area contributed by atoms with Crippen LogP contribution >= 0.6 is 0 Å². The Hall–Kier alpha value is -3.26. The molecule has 0 atom stereocenters. The lowest BCUT2D eigenvalue weighted by Gasteiger charge is -2.19. The molecular weight excluding hydrogens is 464 g/mol. The predicted molar refractivity (Wildman–Crippen MR) is 162 cm³/mol. The van der Waals surface area contributed by atoms with Crippen molar-refractivity contribution in [2.75, 3.05) is 0 Å². The summed E-state index contributed by atoms with van der Waals surface area (Å²) in [5.74, 6) is 1.97. The summed E-state index contributed by atoms with van der Waals surface area (Å²) in [6.07, 6.45) is 1.66. The van der Waals surface area contributed by atoms with Crippen molar-refractivity contribution in [1.82, 2.24) is 0 Å². The van der Waals surface area contributed by atoms with E-state index in [-0.39, 0.29) is 23.7 Å². The minimum absolute atomic E-state index is 0.267. The van der Waals surface area contributed by atoms with Crippen LogP contribution in [0.2, 0.25) is 0 Å². The van der Waals surface area contributed by atoms with Crippen molar-refractivity contribution in [2.24, 2.45) is 0 Å². The van der Waals surface area contributed by atoms with Crippen LogP contribution < -0.4 is 0 Å². The van der Waals surface area contributed by atoms with Gasteiger partial charge in [-0.25, -0.2) is 0 Å². The first-order valence-corrected chi connectivity index (χ1v) is 14.2. The Balaban J connectivity index is 1.77. The maximum Gasteiger partial charge on any atom is 0.122 e. The first-order chi connectivity index (χ1) is 18.0. The molecule has 0 aliphatic heterocycles. The molecule has 0 radical (unpaired) electrons. The van der Waals surface area contributed by atoms with Crippen LogP contribution in [0.5, 0.6) is 11.5 Å². The molecule has 200 valence electrons. The van der Waals surface area contributed by atoms with Gasteiger partial charge in [-0.1, -0.05) is 116 Å². The fraction of sp³-hybridized carbons (Fsp3) is 0.389. The minimum Gasteiger partial charge on any atom is -0.507 e. The third-order valence-corrected chi connectivity index (χ3v) is 7.84. The summed E-state index contributed by atoms with van der Waals surface area (Å²) in [6.45, 7) is 17.2. The van der Waals surface area contributed by atoms with Crippen LogP contribution in [0, 0.1) is 0 Å². The molecule has 0 saturated carbocycles. The van der Waals surface area contributed by atoms with Gasteiger partial charge in [-0.2, -0.15) is 0 Å². The van der Waals surface area contributed by atoms with Gasteiger partial charge < -0.3 is 10.2 Å². The van der Waals surface area contributed by atoms with Crippen LogP contribution in [0.3, 0.4) is 0 Å². The predicted octanol–water partition coefficient (Wildman–Crippen LogP) is 9.93. The van der Waals surface area contributed by atoms with Gasteiger partial charge in [-0.15, -0.1) is 0 Å². The van der Waals surface area contributed by atoms with E-state index in [0.29, 0.717) is 11.5 Å². The van der Waals surface area contributed by atoms with E-state index in [1.165, 1.54) is 33.0 Å². The summed E-state index contributed by atoms with van der Waals surface area (Å²) in [5.41, 5.74) is 9.21. The molecule has 2 N–H and O–H groups in total. The van der Waals surface area contributed by atoms with Gasteiger partial charge in [0.2, 0.25) is 0 Å². The molecule has 0 fully saturated rings. The van der Waals surface area contributed by atoms with Crippen LogP contribution in [-0.4, -0.2) is 10.2 Å². The van der Waals surface area contributed by atoms with Gasteiger partial charge in [-0.3, -0.25) is 0 Å². The molecule has 2 heteroatoms. The standard InChI is InChI=1S/C36H44O2/c1-21(2)31-17-25(18-32(22(3)4)35(31)37)15-27-13-14-28(30-12-10-9-11-29(27)30)16-26-19-33(23(5)6)36(38)34(20-26)24(7)8/h9-14,17-24,37-38H,15-16H2,1-8H3. The SMILES string of the molecule is CC(C)c1cc(Cc2ccc(Cc3cc(C(C)C)c(O)c(C(C)C)c3)c3ccccc23)cc(C(C)C)c1O. The molecule has 4 aromatic rings. The molecule has 4 aromatic carbocycles. The van der Waals surface area contributed by atoms with Crippen molar-refractivity contribution < 1.29 is 10.2 Å². The van der Waals surface area contributed by atoms with E-state index in [0.717, 1.165) is 35.1 Å². The zero-order chi connectivity index (χ0) is 27.7. The van der Waals surface area contributed by atoms with Gasteiger partial charge in [0.15, 0.2) is 0 Å². The molecule has 0 unspecified atom stereocenters. The van der Waals surface area contributed by atoms with E-state index in [2.05, 4.69) is 116 Å². The molecule has 0 heterocycles. The van der Waals surface area contributed by atoms with Crippen molar-refractivity contribution in [2.45, 2.75) is 91.9 Å². The fourth-order valence-corrected chi connectivity index (χ4v) is 5.63. The second kappa shape index (κ2) is 11.2. The van der Waals surface area contributed by atoms with Gasteiger partial charge in [0.25, 0.3) is 0 Å². The maximum atomic E-state index is 10.9. The normalized spacial score (nSPS) is 12.0. The quantitative estimate of drug-likeness (QED) is 0.249. The molecule has 0 amide bonds. The van der Waals surface area contributed by atoms with Crippen molar-refractivity contribution in [3.05, 3.63) is 105 Å². The Morgan fingerprint density at radius 1 is 0.474 bits per heavy atom. The maximum absolute atomic E-state index is 10.9. The third kappa shape index (κ3) is 5.60. The summed E-state index contributed by atoms with van der Waals surface area (Å²) < 4.78 is 0. The number of phenolic OH excluding ortho intramolecular Hbond substituents is 2. The molecule has 0 bridgehead atoms. The highest BCUT2D eigenvalue weighted by Gasteiger charge is 2.18. The monoisotopic (exact) mass is 508 g/mol. The van der Waals surface area contributed by atoms with Crippen LogP contribution in [0.1, 0.15) is 124 Å². The number of rotatable bonds is 8. The van der Waals surface area contributed by atoms with Crippen LogP contribution in [-0.2, 0) is 12.8 Å². The lowest BCUT2D eigenvalue weighted by molar-refractivity contribution is 0.453. The Labute approximate surface area is 229 Å². The topological polar surface area (TPSA) is 40.5 Å². The van der Waals surface area contributed by atoms with Crippen molar-refractivity contribution in [1.29, 1.82) is 0 Å².